The lowest BCUT2D eigenvalue weighted by atomic mass is 10.0. The maximum absolute atomic E-state index is 10.6. The lowest BCUT2D eigenvalue weighted by Gasteiger charge is -2.12. The molecule has 0 fully saturated rings. The van der Waals surface area contributed by atoms with Gasteiger partial charge in [-0.05, 0) is 29.2 Å². The predicted molar refractivity (Wildman–Crippen MR) is 84.6 cm³/mol. The summed E-state index contributed by atoms with van der Waals surface area (Å²) >= 11 is 10.7. The number of carbonyl (C=O) groups is 1. The van der Waals surface area contributed by atoms with E-state index in [0.29, 0.717) is 6.42 Å². The summed E-state index contributed by atoms with van der Waals surface area (Å²) in [6.07, 6.45) is 0.477. The van der Waals surface area contributed by atoms with Crippen LogP contribution in [0, 0.1) is 0 Å². The summed E-state index contributed by atoms with van der Waals surface area (Å²) in [4.78, 5) is 11.4. The van der Waals surface area contributed by atoms with Crippen LogP contribution in [-0.2, 0) is 4.79 Å². The van der Waals surface area contributed by atoms with Crippen molar-refractivity contribution in [3.05, 3.63) is 54.1 Å². The number of carboxylic acids is 1. The first-order valence-corrected chi connectivity index (χ1v) is 7.20. The highest BCUT2D eigenvalue weighted by molar-refractivity contribution is 7.80. The second-order valence-corrected chi connectivity index (χ2v) is 5.55. The van der Waals surface area contributed by atoms with E-state index in [4.69, 9.17) is 16.7 Å². The van der Waals surface area contributed by atoms with Crippen molar-refractivity contribution in [2.24, 2.45) is 0 Å². The van der Waals surface area contributed by atoms with Crippen molar-refractivity contribution in [2.45, 2.75) is 23.1 Å². The summed E-state index contributed by atoms with van der Waals surface area (Å²) in [6.45, 7) is 0. The van der Waals surface area contributed by atoms with Gasteiger partial charge in [0.2, 0.25) is 0 Å². The van der Waals surface area contributed by atoms with E-state index in [2.05, 4.69) is 12.6 Å². The van der Waals surface area contributed by atoms with E-state index in [0.717, 1.165) is 21.6 Å². The zero-order chi connectivity index (χ0) is 14.5. The number of alkyl halides is 1. The monoisotopic (exact) mass is 306 g/mol. The standard InChI is InChI=1S/C16H15ClO2S/c17-14(8-9-16(18)19)12-6-7-13(15(20)10-12)11-4-2-1-3-5-11/h1-7,10,14,20H,8-9H2,(H,18,19). The molecule has 0 aliphatic rings. The molecule has 1 unspecified atom stereocenters. The van der Waals surface area contributed by atoms with Gasteiger partial charge < -0.3 is 5.11 Å². The van der Waals surface area contributed by atoms with Gasteiger partial charge in [0.15, 0.2) is 0 Å². The Kier molecular flexibility index (Phi) is 5.10. The lowest BCUT2D eigenvalue weighted by Crippen LogP contribution is -1.98. The molecule has 20 heavy (non-hydrogen) atoms. The van der Waals surface area contributed by atoms with Gasteiger partial charge in [0, 0.05) is 11.3 Å². The number of halogens is 1. The van der Waals surface area contributed by atoms with Crippen LogP contribution in [0.2, 0.25) is 0 Å². The van der Waals surface area contributed by atoms with Crippen LogP contribution in [0.3, 0.4) is 0 Å². The van der Waals surface area contributed by atoms with Crippen molar-refractivity contribution in [1.82, 2.24) is 0 Å². The average molecular weight is 307 g/mol. The van der Waals surface area contributed by atoms with E-state index in [1.807, 2.05) is 48.5 Å². The van der Waals surface area contributed by atoms with E-state index >= 15 is 0 Å². The van der Waals surface area contributed by atoms with Crippen LogP contribution in [0.5, 0.6) is 0 Å². The minimum atomic E-state index is -0.831. The summed E-state index contributed by atoms with van der Waals surface area (Å²) in [5.74, 6) is -0.831. The average Bonchev–Trinajstić information content (AvgIpc) is 2.45. The smallest absolute Gasteiger partial charge is 0.303 e. The van der Waals surface area contributed by atoms with Crippen LogP contribution >= 0.6 is 24.2 Å². The van der Waals surface area contributed by atoms with E-state index in [-0.39, 0.29) is 11.8 Å². The van der Waals surface area contributed by atoms with Gasteiger partial charge in [-0.1, -0.05) is 42.5 Å². The molecule has 1 atom stereocenters. The van der Waals surface area contributed by atoms with Gasteiger partial charge in [-0.3, -0.25) is 4.79 Å². The first-order chi connectivity index (χ1) is 9.58. The predicted octanol–water partition coefficient (Wildman–Crippen LogP) is 4.79. The minimum Gasteiger partial charge on any atom is -0.481 e. The Morgan fingerprint density at radius 3 is 2.50 bits per heavy atom. The molecular weight excluding hydrogens is 292 g/mol. The molecule has 1 N–H and O–H groups in total. The highest BCUT2D eigenvalue weighted by Crippen LogP contribution is 2.32. The Morgan fingerprint density at radius 1 is 1.20 bits per heavy atom. The Labute approximate surface area is 128 Å². The zero-order valence-corrected chi connectivity index (χ0v) is 12.4. The molecule has 0 bridgehead atoms. The summed E-state index contributed by atoms with van der Waals surface area (Å²) < 4.78 is 0. The number of carboxylic acid groups (broad SMARTS) is 1. The normalized spacial score (nSPS) is 12.1. The van der Waals surface area contributed by atoms with Crippen LogP contribution in [0.25, 0.3) is 11.1 Å². The Balaban J connectivity index is 2.20. The first kappa shape index (κ1) is 14.9. The third-order valence-corrected chi connectivity index (χ3v) is 3.92. The largest absolute Gasteiger partial charge is 0.481 e. The van der Waals surface area contributed by atoms with Crippen LogP contribution in [0.4, 0.5) is 0 Å². The van der Waals surface area contributed by atoms with Crippen molar-refractivity contribution in [3.8, 4) is 11.1 Å². The number of rotatable bonds is 5. The second kappa shape index (κ2) is 6.82. The van der Waals surface area contributed by atoms with Crippen molar-refractivity contribution < 1.29 is 9.90 Å². The Hall–Kier alpha value is -1.45. The molecule has 2 rings (SSSR count). The molecule has 0 radical (unpaired) electrons. The maximum atomic E-state index is 10.6. The molecule has 2 nitrogen and oxygen atoms in total. The summed E-state index contributed by atoms with van der Waals surface area (Å²) in [5, 5.41) is 8.38. The van der Waals surface area contributed by atoms with Gasteiger partial charge in [-0.15, -0.1) is 24.2 Å². The number of thiol groups is 1. The van der Waals surface area contributed by atoms with Gasteiger partial charge in [-0.2, -0.15) is 0 Å². The third-order valence-electron chi connectivity index (χ3n) is 3.08. The Bertz CT molecular complexity index is 599. The molecule has 4 heteroatoms. The summed E-state index contributed by atoms with van der Waals surface area (Å²) in [7, 11) is 0. The molecule has 0 heterocycles. The molecular formula is C16H15ClO2S. The van der Waals surface area contributed by atoms with Crippen LogP contribution in [-0.4, -0.2) is 11.1 Å². The van der Waals surface area contributed by atoms with Crippen molar-refractivity contribution in [2.75, 3.05) is 0 Å². The van der Waals surface area contributed by atoms with Crippen molar-refractivity contribution >= 4 is 30.2 Å². The van der Waals surface area contributed by atoms with E-state index < -0.39 is 5.97 Å². The van der Waals surface area contributed by atoms with Crippen molar-refractivity contribution in [1.29, 1.82) is 0 Å². The van der Waals surface area contributed by atoms with Crippen LogP contribution < -0.4 is 0 Å². The molecule has 0 amide bonds. The number of aliphatic carboxylic acids is 1. The zero-order valence-electron chi connectivity index (χ0n) is 10.8. The van der Waals surface area contributed by atoms with Gasteiger partial charge in [0.05, 0.1) is 5.38 Å². The fraction of sp³-hybridized carbons (Fsp3) is 0.188. The minimum absolute atomic E-state index is 0.0660. The van der Waals surface area contributed by atoms with E-state index in [9.17, 15) is 4.79 Å². The molecule has 2 aromatic carbocycles. The molecule has 0 aromatic heterocycles. The lowest BCUT2D eigenvalue weighted by molar-refractivity contribution is -0.137. The molecule has 0 saturated carbocycles. The topological polar surface area (TPSA) is 37.3 Å². The van der Waals surface area contributed by atoms with Gasteiger partial charge >= 0.3 is 5.97 Å². The molecule has 0 aliphatic carbocycles. The van der Waals surface area contributed by atoms with Gasteiger partial charge in [0.1, 0.15) is 0 Å². The summed E-state index contributed by atoms with van der Waals surface area (Å²) in [6, 6.07) is 15.8. The fourth-order valence-electron chi connectivity index (χ4n) is 2.02. The van der Waals surface area contributed by atoms with E-state index in [1.165, 1.54) is 0 Å². The highest BCUT2D eigenvalue weighted by Gasteiger charge is 2.12. The van der Waals surface area contributed by atoms with Crippen molar-refractivity contribution in [3.63, 3.8) is 0 Å². The highest BCUT2D eigenvalue weighted by atomic mass is 35.5. The van der Waals surface area contributed by atoms with Gasteiger partial charge in [-0.25, -0.2) is 0 Å². The molecule has 0 saturated heterocycles. The summed E-state index contributed by atoms with van der Waals surface area (Å²) in [5.41, 5.74) is 3.04. The number of hydrogen-bond donors (Lipinski definition) is 2. The first-order valence-electron chi connectivity index (χ1n) is 6.32. The van der Waals surface area contributed by atoms with Crippen LogP contribution in [0.1, 0.15) is 23.8 Å². The third kappa shape index (κ3) is 3.78. The van der Waals surface area contributed by atoms with E-state index in [1.54, 1.807) is 0 Å². The fourth-order valence-corrected chi connectivity index (χ4v) is 2.62. The SMILES string of the molecule is O=C(O)CCC(Cl)c1ccc(-c2ccccc2)c(S)c1. The molecule has 0 aliphatic heterocycles. The molecule has 104 valence electrons. The Morgan fingerprint density at radius 2 is 1.90 bits per heavy atom. The molecule has 0 spiro atoms. The quantitative estimate of drug-likeness (QED) is 0.616. The second-order valence-electron chi connectivity index (χ2n) is 4.54. The van der Waals surface area contributed by atoms with Crippen LogP contribution in [0.15, 0.2) is 53.4 Å². The molecule has 2 aromatic rings. The number of benzene rings is 2. The number of hydrogen-bond acceptors (Lipinski definition) is 2. The maximum Gasteiger partial charge on any atom is 0.303 e. The van der Waals surface area contributed by atoms with Gasteiger partial charge in [0.25, 0.3) is 0 Å².